The second kappa shape index (κ2) is 6.52. The van der Waals surface area contributed by atoms with E-state index in [2.05, 4.69) is 29.4 Å². The van der Waals surface area contributed by atoms with Gasteiger partial charge in [-0.05, 0) is 24.2 Å². The predicted molar refractivity (Wildman–Crippen MR) is 75.3 cm³/mol. The van der Waals surface area contributed by atoms with Gasteiger partial charge >= 0.3 is 0 Å². The molecule has 4 heteroatoms. The minimum atomic E-state index is 0.869. The average Bonchev–Trinajstić information content (AvgIpc) is 2.84. The zero-order chi connectivity index (χ0) is 12.8. The van der Waals surface area contributed by atoms with Crippen molar-refractivity contribution in [2.24, 2.45) is 0 Å². The molecule has 0 aliphatic heterocycles. The Kier molecular flexibility index (Phi) is 4.73. The smallest absolute Gasteiger partial charge is 0.119 e. The first kappa shape index (κ1) is 13.1. The second-order valence-corrected chi connectivity index (χ2v) is 5.23. The molecule has 0 saturated carbocycles. The molecule has 0 spiro atoms. The van der Waals surface area contributed by atoms with Crippen molar-refractivity contribution in [1.29, 1.82) is 0 Å². The van der Waals surface area contributed by atoms with Gasteiger partial charge in [-0.3, -0.25) is 0 Å². The highest BCUT2D eigenvalue weighted by Gasteiger charge is 2.04. The fourth-order valence-electron chi connectivity index (χ4n) is 1.72. The molecule has 1 N–H and O–H groups in total. The van der Waals surface area contributed by atoms with Crippen LogP contribution < -0.4 is 10.1 Å². The zero-order valence-corrected chi connectivity index (χ0v) is 11.6. The van der Waals surface area contributed by atoms with Gasteiger partial charge < -0.3 is 10.1 Å². The summed E-state index contributed by atoms with van der Waals surface area (Å²) >= 11 is 1.77. The van der Waals surface area contributed by atoms with Crippen molar-refractivity contribution in [3.05, 3.63) is 45.9 Å². The van der Waals surface area contributed by atoms with E-state index in [4.69, 9.17) is 4.74 Å². The van der Waals surface area contributed by atoms with E-state index in [0.717, 1.165) is 30.3 Å². The van der Waals surface area contributed by atoms with Crippen LogP contribution >= 0.6 is 11.3 Å². The third-order valence-corrected chi connectivity index (χ3v) is 3.64. The number of benzene rings is 1. The molecule has 0 fully saturated rings. The van der Waals surface area contributed by atoms with Crippen molar-refractivity contribution >= 4 is 11.3 Å². The molecule has 2 rings (SSSR count). The number of thiazole rings is 1. The Labute approximate surface area is 112 Å². The number of methoxy groups -OCH3 is 1. The molecule has 1 aromatic heterocycles. The highest BCUT2D eigenvalue weighted by molar-refractivity contribution is 7.11. The molecular weight excluding hydrogens is 244 g/mol. The van der Waals surface area contributed by atoms with E-state index >= 15 is 0 Å². The van der Waals surface area contributed by atoms with E-state index in [-0.39, 0.29) is 0 Å². The highest BCUT2D eigenvalue weighted by Crippen LogP contribution is 2.19. The van der Waals surface area contributed by atoms with E-state index in [1.54, 1.807) is 18.4 Å². The van der Waals surface area contributed by atoms with Crippen molar-refractivity contribution < 1.29 is 4.74 Å². The van der Waals surface area contributed by atoms with Crippen LogP contribution in [-0.4, -0.2) is 18.6 Å². The maximum Gasteiger partial charge on any atom is 0.119 e. The van der Waals surface area contributed by atoms with Crippen LogP contribution in [0.3, 0.4) is 0 Å². The Morgan fingerprint density at radius 3 is 3.06 bits per heavy atom. The van der Waals surface area contributed by atoms with Gasteiger partial charge in [0.15, 0.2) is 0 Å². The number of nitrogens with one attached hydrogen (secondary N) is 1. The van der Waals surface area contributed by atoms with Crippen LogP contribution in [0.25, 0.3) is 0 Å². The molecule has 1 aromatic carbocycles. The van der Waals surface area contributed by atoms with Gasteiger partial charge in [-0.2, -0.15) is 0 Å². The summed E-state index contributed by atoms with van der Waals surface area (Å²) in [5.74, 6) is 0.900. The molecular formula is C14H18N2OS. The predicted octanol–water partition coefficient (Wildman–Crippen LogP) is 2.85. The Balaban J connectivity index is 2.01. The molecule has 0 amide bonds. The number of hydrogen-bond donors (Lipinski definition) is 1. The molecule has 3 nitrogen and oxygen atoms in total. The molecule has 2 aromatic rings. The van der Waals surface area contributed by atoms with E-state index in [1.807, 2.05) is 18.3 Å². The number of hydrogen-bond acceptors (Lipinski definition) is 4. The van der Waals surface area contributed by atoms with E-state index in [0.29, 0.717) is 0 Å². The van der Waals surface area contributed by atoms with E-state index in [9.17, 15) is 0 Å². The summed E-state index contributed by atoms with van der Waals surface area (Å²) in [6.45, 7) is 4.01. The lowest BCUT2D eigenvalue weighted by Crippen LogP contribution is -2.10. The highest BCUT2D eigenvalue weighted by atomic mass is 32.1. The monoisotopic (exact) mass is 262 g/mol. The van der Waals surface area contributed by atoms with Gasteiger partial charge in [-0.25, -0.2) is 4.98 Å². The van der Waals surface area contributed by atoms with Gasteiger partial charge in [-0.15, -0.1) is 11.3 Å². The molecule has 0 aliphatic carbocycles. The van der Waals surface area contributed by atoms with E-state index < -0.39 is 0 Å². The van der Waals surface area contributed by atoms with Crippen LogP contribution in [-0.2, 0) is 13.0 Å². The van der Waals surface area contributed by atoms with Crippen LogP contribution in [0.15, 0.2) is 30.5 Å². The van der Waals surface area contributed by atoms with Crippen molar-refractivity contribution in [2.75, 3.05) is 13.7 Å². The summed E-state index contributed by atoms with van der Waals surface area (Å²) in [5, 5.41) is 4.46. The number of rotatable bonds is 6. The first-order valence-electron chi connectivity index (χ1n) is 6.09. The lowest BCUT2D eigenvalue weighted by molar-refractivity contribution is 0.414. The van der Waals surface area contributed by atoms with Gasteiger partial charge in [0.05, 0.1) is 12.1 Å². The number of nitrogens with zero attached hydrogens (tertiary/aromatic N) is 1. The van der Waals surface area contributed by atoms with Gasteiger partial charge in [0.25, 0.3) is 0 Å². The standard InChI is InChI=1S/C14H18N2OS/c1-3-15-9-13-10-16-14(18-13)8-11-5-4-6-12(7-11)17-2/h4-7,10,15H,3,8-9H2,1-2H3. The molecule has 0 unspecified atom stereocenters. The maximum absolute atomic E-state index is 5.22. The third-order valence-electron chi connectivity index (χ3n) is 2.64. The Hall–Kier alpha value is -1.39. The Bertz CT molecular complexity index is 496. The van der Waals surface area contributed by atoms with Gasteiger partial charge in [0.1, 0.15) is 5.75 Å². The van der Waals surface area contributed by atoms with E-state index in [1.165, 1.54) is 10.4 Å². The summed E-state index contributed by atoms with van der Waals surface area (Å²) in [6.07, 6.45) is 2.83. The minimum Gasteiger partial charge on any atom is -0.497 e. The Morgan fingerprint density at radius 1 is 1.39 bits per heavy atom. The lowest BCUT2D eigenvalue weighted by atomic mass is 10.1. The quantitative estimate of drug-likeness (QED) is 0.869. The zero-order valence-electron chi connectivity index (χ0n) is 10.8. The normalized spacial score (nSPS) is 10.6. The fourth-order valence-corrected chi connectivity index (χ4v) is 2.64. The minimum absolute atomic E-state index is 0.869. The van der Waals surface area contributed by atoms with Crippen molar-refractivity contribution in [1.82, 2.24) is 10.3 Å². The summed E-state index contributed by atoms with van der Waals surface area (Å²) < 4.78 is 5.22. The number of aromatic nitrogens is 1. The third kappa shape index (κ3) is 3.55. The summed E-state index contributed by atoms with van der Waals surface area (Å²) in [4.78, 5) is 5.74. The van der Waals surface area contributed by atoms with Crippen LogP contribution in [0, 0.1) is 0 Å². The van der Waals surface area contributed by atoms with Crippen LogP contribution in [0.4, 0.5) is 0 Å². The van der Waals surface area contributed by atoms with Crippen LogP contribution in [0.5, 0.6) is 5.75 Å². The molecule has 0 atom stereocenters. The molecule has 18 heavy (non-hydrogen) atoms. The molecule has 0 radical (unpaired) electrons. The van der Waals surface area contributed by atoms with Crippen molar-refractivity contribution in [3.8, 4) is 5.75 Å². The molecule has 0 bridgehead atoms. The van der Waals surface area contributed by atoms with Gasteiger partial charge in [-0.1, -0.05) is 19.1 Å². The van der Waals surface area contributed by atoms with Crippen molar-refractivity contribution in [2.45, 2.75) is 19.9 Å². The second-order valence-electron chi connectivity index (χ2n) is 4.03. The van der Waals surface area contributed by atoms with Gasteiger partial charge in [0, 0.05) is 24.0 Å². The summed E-state index contributed by atoms with van der Waals surface area (Å²) in [7, 11) is 1.69. The number of ether oxygens (including phenoxy) is 1. The summed E-state index contributed by atoms with van der Waals surface area (Å²) in [6, 6.07) is 8.14. The molecule has 1 heterocycles. The lowest BCUT2D eigenvalue weighted by Gasteiger charge is -2.02. The first-order chi connectivity index (χ1) is 8.81. The van der Waals surface area contributed by atoms with Crippen LogP contribution in [0.2, 0.25) is 0 Å². The average molecular weight is 262 g/mol. The Morgan fingerprint density at radius 2 is 2.28 bits per heavy atom. The SMILES string of the molecule is CCNCc1cnc(Cc2cccc(OC)c2)s1. The first-order valence-corrected chi connectivity index (χ1v) is 6.90. The largest absolute Gasteiger partial charge is 0.497 e. The van der Waals surface area contributed by atoms with Gasteiger partial charge in [0.2, 0.25) is 0 Å². The maximum atomic E-state index is 5.22. The van der Waals surface area contributed by atoms with Crippen molar-refractivity contribution in [3.63, 3.8) is 0 Å². The summed E-state index contributed by atoms with van der Waals surface area (Å²) in [5.41, 5.74) is 1.23. The molecule has 96 valence electrons. The fraction of sp³-hybridized carbons (Fsp3) is 0.357. The molecule has 0 saturated heterocycles. The topological polar surface area (TPSA) is 34.2 Å². The molecule has 0 aliphatic rings. The van der Waals surface area contributed by atoms with Crippen LogP contribution in [0.1, 0.15) is 22.4 Å².